The minimum absolute atomic E-state index is 0.0621. The Hall–Kier alpha value is -3.27. The maximum atomic E-state index is 14.7. The van der Waals surface area contributed by atoms with Crippen LogP contribution in [0.25, 0.3) is 10.9 Å². The third-order valence-corrected chi connectivity index (χ3v) is 13.4. The number of rotatable bonds is 7. The molecule has 4 rings (SSSR count). The number of amides is 3. The Labute approximate surface area is 203 Å². The van der Waals surface area contributed by atoms with Gasteiger partial charge in [0.1, 0.15) is 0 Å². The molecule has 0 radical (unpaired) electrons. The van der Waals surface area contributed by atoms with Gasteiger partial charge in [0.25, 0.3) is 0 Å². The molecule has 3 aromatic rings. The molecule has 0 bridgehead atoms. The standard InChI is InChI=1S/C20H17FN3O5.C4H6.In/c1-11(25)23-20(26)24-15-5-4-12(8-14(15)21)29-17-6-7-22-16-10-19(28-3)18(27-2)9-13(16)17;1-3-4-2;/h4-10H,1H2,2-3H3,(H2,23,24,25,26);1,3H,2,4H2;. The second-order valence-corrected chi connectivity index (χ2v) is 16.0. The molecule has 10 heteroatoms. The summed E-state index contributed by atoms with van der Waals surface area (Å²) in [5, 5.41) is 5.31. The number of carbonyl (C=O) groups excluding carboxylic acids is 2. The number of halogens is 1. The molecule has 1 aliphatic heterocycles. The summed E-state index contributed by atoms with van der Waals surface area (Å²) in [6.07, 6.45) is 4.70. The number of aromatic nitrogens is 1. The Morgan fingerprint density at radius 2 is 1.88 bits per heavy atom. The van der Waals surface area contributed by atoms with Gasteiger partial charge in [0, 0.05) is 12.3 Å². The normalized spacial score (nSPS) is 12.5. The Balaban J connectivity index is 1.45. The van der Waals surface area contributed by atoms with Crippen LogP contribution in [-0.4, -0.2) is 52.6 Å². The van der Waals surface area contributed by atoms with E-state index >= 15 is 0 Å². The molecule has 0 aliphatic carbocycles. The molecular formula is C24H23FInN3O5. The molecule has 1 aromatic heterocycles. The number of pyridine rings is 1. The van der Waals surface area contributed by atoms with Gasteiger partial charge < -0.3 is 9.47 Å². The van der Waals surface area contributed by atoms with Crippen molar-refractivity contribution in [1.82, 2.24) is 10.3 Å². The van der Waals surface area contributed by atoms with Crippen LogP contribution in [0.1, 0.15) is 6.42 Å². The number of benzene rings is 2. The number of hydrogen-bond acceptors (Lipinski definition) is 6. The number of urea groups is 1. The van der Waals surface area contributed by atoms with E-state index in [1.54, 1.807) is 24.4 Å². The van der Waals surface area contributed by atoms with Crippen molar-refractivity contribution in [2.24, 2.45) is 0 Å². The Bertz CT molecular complexity index is 1270. The number of imide groups is 1. The van der Waals surface area contributed by atoms with Crippen LogP contribution < -0.4 is 24.8 Å². The summed E-state index contributed by atoms with van der Waals surface area (Å²) in [6.45, 7) is 0. The third-order valence-electron chi connectivity index (χ3n) is 5.44. The van der Waals surface area contributed by atoms with Gasteiger partial charge in [-0.2, -0.15) is 0 Å². The van der Waals surface area contributed by atoms with E-state index in [0.717, 1.165) is 16.7 Å². The zero-order valence-electron chi connectivity index (χ0n) is 18.8. The fourth-order valence-electron chi connectivity index (χ4n) is 3.76. The van der Waals surface area contributed by atoms with E-state index in [0.29, 0.717) is 32.3 Å². The zero-order chi connectivity index (χ0) is 24.1. The van der Waals surface area contributed by atoms with Crippen molar-refractivity contribution >= 4 is 50.0 Å². The third kappa shape index (κ3) is 5.61. The fourth-order valence-corrected chi connectivity index (χ4v) is 10.3. The van der Waals surface area contributed by atoms with E-state index in [4.69, 9.17) is 14.2 Å². The number of ether oxygens (including phenoxy) is 3. The molecule has 8 nitrogen and oxygen atoms in total. The second kappa shape index (κ2) is 10.8. The summed E-state index contributed by atoms with van der Waals surface area (Å²) < 4.78 is 34.9. The van der Waals surface area contributed by atoms with Crippen molar-refractivity contribution in [3.63, 3.8) is 0 Å². The molecule has 174 valence electrons. The smallest absolute Gasteiger partial charge is 0.493 e. The first-order chi connectivity index (χ1) is 16.5. The molecule has 2 N–H and O–H groups in total. The van der Waals surface area contributed by atoms with Crippen molar-refractivity contribution in [2.45, 2.75) is 14.8 Å². The van der Waals surface area contributed by atoms with E-state index < -0.39 is 33.3 Å². The van der Waals surface area contributed by atoms with Crippen molar-refractivity contribution in [2.75, 3.05) is 19.5 Å². The number of fused-ring (bicyclic) bond motifs is 1. The van der Waals surface area contributed by atoms with E-state index in [-0.39, 0.29) is 17.3 Å². The molecule has 0 unspecified atom stereocenters. The van der Waals surface area contributed by atoms with Crippen LogP contribution in [0.15, 0.2) is 52.5 Å². The SMILES string of the molecule is COc1cc2nccc(Oc3ccc(NC(=O)NC(=O)[CH2][In]4[CH]=CC[CH2]4)c(F)c3)c2cc1OC. The van der Waals surface area contributed by atoms with Gasteiger partial charge in [0.2, 0.25) is 0 Å². The monoisotopic (exact) mass is 567 g/mol. The van der Waals surface area contributed by atoms with Crippen molar-refractivity contribution in [3.05, 3.63) is 58.3 Å². The summed E-state index contributed by atoms with van der Waals surface area (Å²) in [5.41, 5.74) is 0.556. The molecule has 0 saturated heterocycles. The number of methoxy groups -OCH3 is 2. The quantitative estimate of drug-likeness (QED) is 0.425. The topological polar surface area (TPSA) is 98.8 Å². The van der Waals surface area contributed by atoms with Crippen LogP contribution >= 0.6 is 0 Å². The summed E-state index contributed by atoms with van der Waals surface area (Å²) in [5.74, 6) is 0.691. The van der Waals surface area contributed by atoms with E-state index in [2.05, 4.69) is 25.5 Å². The number of carbonyl (C=O) groups is 2. The predicted molar refractivity (Wildman–Crippen MR) is 128 cm³/mol. The van der Waals surface area contributed by atoms with Crippen LogP contribution in [0.4, 0.5) is 14.9 Å². The molecule has 0 spiro atoms. The van der Waals surface area contributed by atoms with Crippen LogP contribution in [-0.2, 0) is 4.79 Å². The average molecular weight is 567 g/mol. The van der Waals surface area contributed by atoms with Crippen molar-refractivity contribution < 1.29 is 28.2 Å². The summed E-state index contributed by atoms with van der Waals surface area (Å²) in [7, 11) is 3.06. The maximum absolute atomic E-state index is 14.7. The first-order valence-electron chi connectivity index (χ1n) is 10.7. The molecule has 0 saturated carbocycles. The number of hydrogen-bond donors (Lipinski definition) is 2. The van der Waals surface area contributed by atoms with Crippen molar-refractivity contribution in [1.29, 1.82) is 0 Å². The summed E-state index contributed by atoms with van der Waals surface area (Å²) in [4.78, 5) is 28.5. The first kappa shape index (κ1) is 23.9. The molecule has 1 aliphatic rings. The Kier molecular flexibility index (Phi) is 7.56. The Morgan fingerprint density at radius 1 is 1.09 bits per heavy atom. The molecule has 2 heterocycles. The minimum Gasteiger partial charge on any atom is -0.493 e. The fraction of sp³-hybridized carbons (Fsp3) is 0.208. The molecule has 0 atom stereocenters. The predicted octanol–water partition coefficient (Wildman–Crippen LogP) is 4.83. The second-order valence-electron chi connectivity index (χ2n) is 7.75. The molecule has 2 aromatic carbocycles. The average Bonchev–Trinajstić information content (AvgIpc) is 3.33. The van der Waals surface area contributed by atoms with Gasteiger partial charge in [0.15, 0.2) is 11.5 Å². The van der Waals surface area contributed by atoms with E-state index in [1.165, 1.54) is 26.4 Å². The van der Waals surface area contributed by atoms with Crippen LogP contribution in [0.2, 0.25) is 8.35 Å². The Morgan fingerprint density at radius 3 is 2.59 bits per heavy atom. The minimum atomic E-state index is -1.95. The molecular weight excluding hydrogens is 544 g/mol. The number of nitrogens with zero attached hydrogens (tertiary/aromatic N) is 1. The molecule has 3 amide bonds. The summed E-state index contributed by atoms with van der Waals surface area (Å²) in [6, 6.07) is 8.41. The first-order valence-corrected chi connectivity index (χ1v) is 17.3. The van der Waals surface area contributed by atoms with E-state index in [9.17, 15) is 14.0 Å². The van der Waals surface area contributed by atoms with Gasteiger partial charge in [-0.3, -0.25) is 4.98 Å². The van der Waals surface area contributed by atoms with Gasteiger partial charge in [0.05, 0.1) is 19.7 Å². The number of allylic oxidation sites excluding steroid dienone is 1. The van der Waals surface area contributed by atoms with Crippen LogP contribution in [0.5, 0.6) is 23.0 Å². The zero-order valence-corrected chi connectivity index (χ0v) is 22.1. The molecule has 0 fully saturated rings. The van der Waals surface area contributed by atoms with Gasteiger partial charge in [-0.25, -0.2) is 0 Å². The number of nitrogens with one attached hydrogen (secondary N) is 2. The van der Waals surface area contributed by atoms with Gasteiger partial charge in [-0.15, -0.1) is 0 Å². The van der Waals surface area contributed by atoms with E-state index in [1.807, 2.05) is 0 Å². The number of anilines is 1. The van der Waals surface area contributed by atoms with Crippen molar-refractivity contribution in [3.8, 4) is 23.0 Å². The van der Waals surface area contributed by atoms with Gasteiger partial charge >= 0.3 is 140 Å². The van der Waals surface area contributed by atoms with Crippen LogP contribution in [0.3, 0.4) is 0 Å². The molecule has 34 heavy (non-hydrogen) atoms. The van der Waals surface area contributed by atoms with Crippen LogP contribution in [0, 0.1) is 5.82 Å². The summed E-state index contributed by atoms with van der Waals surface area (Å²) >= 11 is -1.95. The van der Waals surface area contributed by atoms with Gasteiger partial charge in [-0.05, 0) is 6.07 Å². The van der Waals surface area contributed by atoms with Gasteiger partial charge in [-0.1, -0.05) is 0 Å².